The smallest absolute Gasteiger partial charge is 0.218 e. The molecule has 0 bridgehead atoms. The lowest BCUT2D eigenvalue weighted by Crippen LogP contribution is -2.33. The molecule has 0 fully saturated rings. The van der Waals surface area contributed by atoms with Gasteiger partial charge in [-0.1, -0.05) is 12.1 Å². The normalized spacial score (nSPS) is 12.5. The first-order chi connectivity index (χ1) is 9.22. The molecule has 4 rings (SSSR count). The molecule has 0 amide bonds. The van der Waals surface area contributed by atoms with E-state index in [4.69, 9.17) is 10.5 Å². The molecule has 0 unspecified atom stereocenters. The van der Waals surface area contributed by atoms with Gasteiger partial charge in [-0.05, 0) is 42.2 Å². The van der Waals surface area contributed by atoms with Crippen molar-refractivity contribution in [3.63, 3.8) is 0 Å². The van der Waals surface area contributed by atoms with Crippen molar-refractivity contribution in [1.82, 2.24) is 0 Å². The number of nitrogens with two attached hydrogens (primary N) is 1. The van der Waals surface area contributed by atoms with Crippen molar-refractivity contribution in [3.8, 4) is 11.5 Å². The molecule has 1 aliphatic rings. The van der Waals surface area contributed by atoms with E-state index in [0.717, 1.165) is 33.0 Å². The average Bonchev–Trinajstić information content (AvgIpc) is 2.74. The van der Waals surface area contributed by atoms with Crippen LogP contribution < -0.4 is 20.7 Å². The van der Waals surface area contributed by atoms with E-state index in [2.05, 4.69) is 25.5 Å². The minimum atomic E-state index is 0.776. The van der Waals surface area contributed by atoms with Crippen LogP contribution in [0, 0.1) is 6.92 Å². The molecule has 4 heteroatoms. The Morgan fingerprint density at radius 3 is 2.95 bits per heavy atom. The number of nitrogen functional groups attached to an aromatic ring is 1. The summed E-state index contributed by atoms with van der Waals surface area (Å²) in [6.07, 6.45) is 0. The van der Waals surface area contributed by atoms with Gasteiger partial charge in [0.15, 0.2) is 0 Å². The maximum absolute atomic E-state index is 6.09. The van der Waals surface area contributed by atoms with Crippen LogP contribution in [0.15, 0.2) is 36.4 Å². The largest absolute Gasteiger partial charge is 0.457 e. The van der Waals surface area contributed by atoms with Crippen LogP contribution in [0.3, 0.4) is 0 Å². The highest BCUT2D eigenvalue weighted by Gasteiger charge is 2.24. The molecule has 0 aliphatic carbocycles. The minimum Gasteiger partial charge on any atom is -0.457 e. The van der Waals surface area contributed by atoms with Crippen LogP contribution >= 0.6 is 11.3 Å². The quantitative estimate of drug-likeness (QED) is 0.391. The first kappa shape index (κ1) is 10.9. The van der Waals surface area contributed by atoms with Crippen molar-refractivity contribution in [2.75, 3.05) is 5.73 Å². The zero-order chi connectivity index (χ0) is 13.0. The van der Waals surface area contributed by atoms with Crippen LogP contribution in [0.4, 0.5) is 5.69 Å². The third kappa shape index (κ3) is 1.56. The predicted molar refractivity (Wildman–Crippen MR) is 82.5 cm³/mol. The van der Waals surface area contributed by atoms with Crippen molar-refractivity contribution in [3.05, 3.63) is 42.0 Å². The summed E-state index contributed by atoms with van der Waals surface area (Å²) in [5.41, 5.74) is 8.97. The first-order valence-corrected chi connectivity index (χ1v) is 6.98. The van der Waals surface area contributed by atoms with E-state index in [1.54, 1.807) is 11.3 Å². The topological polar surface area (TPSA) is 35.2 Å². The van der Waals surface area contributed by atoms with Gasteiger partial charge < -0.3 is 10.5 Å². The molecular formula is C15H11BNOS. The van der Waals surface area contributed by atoms with Crippen LogP contribution in [-0.2, 0) is 0 Å². The number of thiophene rings is 1. The standard InChI is InChI=1S/C15H11BNOS/c1-8-6-10(17)13-11(7-8)18-14-9-4-2-3-5-12(9)19-15(14)16-13/h2-7H,17H2,1H3. The van der Waals surface area contributed by atoms with Crippen LogP contribution in [0.25, 0.3) is 10.1 Å². The lowest BCUT2D eigenvalue weighted by Gasteiger charge is -2.19. The van der Waals surface area contributed by atoms with Crippen molar-refractivity contribution in [2.45, 2.75) is 6.92 Å². The molecule has 3 aromatic rings. The summed E-state index contributed by atoms with van der Waals surface area (Å²) in [5.74, 6) is 1.81. The Hall–Kier alpha value is -1.94. The van der Waals surface area contributed by atoms with Gasteiger partial charge in [0.05, 0.1) is 0 Å². The molecule has 2 heterocycles. The van der Waals surface area contributed by atoms with Crippen molar-refractivity contribution in [1.29, 1.82) is 0 Å². The molecule has 0 saturated heterocycles. The van der Waals surface area contributed by atoms with Crippen molar-refractivity contribution < 1.29 is 4.74 Å². The summed E-state index contributed by atoms with van der Waals surface area (Å²) in [7, 11) is 2.13. The molecule has 1 radical (unpaired) electrons. The van der Waals surface area contributed by atoms with Crippen LogP contribution in [0.1, 0.15) is 5.56 Å². The number of anilines is 1. The summed E-state index contributed by atoms with van der Waals surface area (Å²) in [6.45, 7) is 2.03. The Kier molecular flexibility index (Phi) is 2.18. The van der Waals surface area contributed by atoms with Crippen LogP contribution in [0.5, 0.6) is 11.5 Å². The summed E-state index contributed by atoms with van der Waals surface area (Å²) in [5, 5.41) is 1.17. The second-order valence-electron chi connectivity index (χ2n) is 4.80. The fraction of sp³-hybridized carbons (Fsp3) is 0.0667. The molecule has 0 spiro atoms. The second kappa shape index (κ2) is 3.78. The SMILES string of the molecule is Cc1cc(N)c2c(c1)Oc1c(sc3ccccc13)[B]2. The third-order valence-corrected chi connectivity index (χ3v) is 4.48. The Morgan fingerprint density at radius 1 is 1.21 bits per heavy atom. The van der Waals surface area contributed by atoms with E-state index < -0.39 is 0 Å². The molecule has 1 aliphatic heterocycles. The molecule has 2 N–H and O–H groups in total. The molecule has 19 heavy (non-hydrogen) atoms. The second-order valence-corrected chi connectivity index (χ2v) is 5.89. The number of hydrogen-bond donors (Lipinski definition) is 1. The van der Waals surface area contributed by atoms with E-state index in [1.165, 1.54) is 10.1 Å². The lowest BCUT2D eigenvalue weighted by molar-refractivity contribution is 0.495. The van der Waals surface area contributed by atoms with Gasteiger partial charge >= 0.3 is 0 Å². The first-order valence-electron chi connectivity index (χ1n) is 6.16. The number of ether oxygens (including phenoxy) is 1. The summed E-state index contributed by atoms with van der Waals surface area (Å²) >= 11 is 1.74. The van der Waals surface area contributed by atoms with Crippen molar-refractivity contribution in [2.24, 2.45) is 0 Å². The van der Waals surface area contributed by atoms with Gasteiger partial charge in [-0.15, -0.1) is 11.3 Å². The highest BCUT2D eigenvalue weighted by molar-refractivity contribution is 7.29. The predicted octanol–water partition coefficient (Wildman–Crippen LogP) is 2.55. The van der Waals surface area contributed by atoms with Gasteiger partial charge in [0, 0.05) is 20.6 Å². The zero-order valence-electron chi connectivity index (χ0n) is 10.4. The van der Waals surface area contributed by atoms with Crippen LogP contribution in [0.2, 0.25) is 0 Å². The Bertz CT molecular complexity index is 809. The number of benzene rings is 2. The van der Waals surface area contributed by atoms with Gasteiger partial charge in [-0.3, -0.25) is 0 Å². The van der Waals surface area contributed by atoms with E-state index in [-0.39, 0.29) is 0 Å². The van der Waals surface area contributed by atoms with Gasteiger partial charge in [0.2, 0.25) is 7.28 Å². The van der Waals surface area contributed by atoms with Gasteiger partial charge in [0.1, 0.15) is 11.5 Å². The Labute approximate surface area is 116 Å². The molecule has 2 aromatic carbocycles. The van der Waals surface area contributed by atoms with Gasteiger partial charge in [-0.25, -0.2) is 0 Å². The summed E-state index contributed by atoms with van der Waals surface area (Å²) < 4.78 is 8.48. The molecular weight excluding hydrogens is 253 g/mol. The van der Waals surface area contributed by atoms with E-state index in [0.29, 0.717) is 0 Å². The molecule has 0 atom stereocenters. The maximum Gasteiger partial charge on any atom is 0.218 e. The summed E-state index contributed by atoms with van der Waals surface area (Å²) in [4.78, 5) is 0. The van der Waals surface area contributed by atoms with Gasteiger partial charge in [-0.2, -0.15) is 0 Å². The van der Waals surface area contributed by atoms with Crippen molar-refractivity contribution >= 4 is 44.6 Å². The van der Waals surface area contributed by atoms with E-state index >= 15 is 0 Å². The number of aryl methyl sites for hydroxylation is 1. The number of hydrogen-bond acceptors (Lipinski definition) is 3. The fourth-order valence-corrected chi connectivity index (χ4v) is 3.59. The highest BCUT2D eigenvalue weighted by Crippen LogP contribution is 2.35. The Balaban J connectivity index is 1.96. The maximum atomic E-state index is 6.09. The third-order valence-electron chi connectivity index (χ3n) is 3.38. The summed E-state index contributed by atoms with van der Waals surface area (Å²) in [6, 6.07) is 12.3. The Morgan fingerprint density at radius 2 is 2.05 bits per heavy atom. The van der Waals surface area contributed by atoms with E-state index in [9.17, 15) is 0 Å². The fourth-order valence-electron chi connectivity index (χ4n) is 2.51. The van der Waals surface area contributed by atoms with Crippen LogP contribution in [-0.4, -0.2) is 7.28 Å². The monoisotopic (exact) mass is 264 g/mol. The number of rotatable bonds is 0. The molecule has 91 valence electrons. The van der Waals surface area contributed by atoms with E-state index in [1.807, 2.05) is 25.1 Å². The highest BCUT2D eigenvalue weighted by atomic mass is 32.1. The minimum absolute atomic E-state index is 0.776. The lowest BCUT2D eigenvalue weighted by atomic mass is 9.66. The van der Waals surface area contributed by atoms with Gasteiger partial charge in [0.25, 0.3) is 0 Å². The zero-order valence-corrected chi connectivity index (χ0v) is 11.3. The molecule has 0 saturated carbocycles. The number of fused-ring (bicyclic) bond motifs is 4. The molecule has 2 nitrogen and oxygen atoms in total. The average molecular weight is 264 g/mol. The molecule has 1 aromatic heterocycles.